The molecule has 1 aliphatic heterocycles. The van der Waals surface area contributed by atoms with Gasteiger partial charge in [-0.2, -0.15) is 13.2 Å². The van der Waals surface area contributed by atoms with Crippen molar-refractivity contribution >= 4 is 0 Å². The van der Waals surface area contributed by atoms with E-state index in [0.29, 0.717) is 13.2 Å². The zero-order valence-corrected chi connectivity index (χ0v) is 11.8. The Morgan fingerprint density at radius 1 is 1.29 bits per heavy atom. The minimum atomic E-state index is -4.51. The molecule has 0 aliphatic carbocycles. The summed E-state index contributed by atoms with van der Waals surface area (Å²) in [6.07, 6.45) is -2.86. The van der Waals surface area contributed by atoms with Crippen molar-refractivity contribution in [2.24, 2.45) is 0 Å². The molecule has 1 aliphatic rings. The second-order valence-electron chi connectivity index (χ2n) is 5.45. The van der Waals surface area contributed by atoms with E-state index < -0.39 is 17.5 Å². The third-order valence-corrected chi connectivity index (χ3v) is 3.55. The van der Waals surface area contributed by atoms with Gasteiger partial charge < -0.3 is 15.2 Å². The molecule has 21 heavy (non-hydrogen) atoms. The van der Waals surface area contributed by atoms with E-state index in [4.69, 9.17) is 4.74 Å². The zero-order chi connectivity index (χ0) is 15.5. The Morgan fingerprint density at radius 2 is 1.90 bits per heavy atom. The van der Waals surface area contributed by atoms with Gasteiger partial charge in [-0.25, -0.2) is 4.98 Å². The topological polar surface area (TPSA) is 54.4 Å². The van der Waals surface area contributed by atoms with Crippen LogP contribution in [0, 0.1) is 0 Å². The van der Waals surface area contributed by atoms with E-state index in [2.05, 4.69) is 10.3 Å². The number of rotatable bonds is 4. The number of hydrogen-bond donors (Lipinski definition) is 2. The van der Waals surface area contributed by atoms with Crippen molar-refractivity contribution in [1.29, 1.82) is 0 Å². The third kappa shape index (κ3) is 4.39. The van der Waals surface area contributed by atoms with Crippen LogP contribution in [0.3, 0.4) is 0 Å². The van der Waals surface area contributed by atoms with Gasteiger partial charge in [0.2, 0.25) is 0 Å². The molecule has 0 amide bonds. The molecule has 1 fully saturated rings. The summed E-state index contributed by atoms with van der Waals surface area (Å²) in [5, 5.41) is 13.6. The molecule has 1 aromatic rings. The van der Waals surface area contributed by atoms with Crippen LogP contribution in [0.15, 0.2) is 18.2 Å². The first-order chi connectivity index (χ1) is 9.79. The number of ether oxygens (including phenoxy) is 1. The van der Waals surface area contributed by atoms with Crippen LogP contribution < -0.4 is 5.32 Å². The summed E-state index contributed by atoms with van der Waals surface area (Å²) in [7, 11) is 0. The molecule has 2 N–H and O–H groups in total. The molecule has 0 spiro atoms. The number of nitrogens with one attached hydrogen (secondary N) is 1. The molecule has 1 saturated heterocycles. The fourth-order valence-electron chi connectivity index (χ4n) is 2.23. The summed E-state index contributed by atoms with van der Waals surface area (Å²) in [5.41, 5.74) is -2.44. The number of nitrogens with zero attached hydrogens (tertiary/aromatic N) is 1. The molecule has 118 valence electrons. The molecular weight excluding hydrogens is 285 g/mol. The number of aromatic nitrogens is 1. The van der Waals surface area contributed by atoms with E-state index in [9.17, 15) is 18.3 Å². The molecule has 0 unspecified atom stereocenters. The highest BCUT2D eigenvalue weighted by molar-refractivity contribution is 5.18. The normalized spacial score (nSPS) is 20.2. The lowest BCUT2D eigenvalue weighted by molar-refractivity contribution is -0.141. The smallest absolute Gasteiger partial charge is 0.383 e. The molecule has 0 saturated carbocycles. The third-order valence-electron chi connectivity index (χ3n) is 3.55. The minimum absolute atomic E-state index is 0.0110. The lowest BCUT2D eigenvalue weighted by Crippen LogP contribution is -2.43. The monoisotopic (exact) mass is 304 g/mol. The van der Waals surface area contributed by atoms with Gasteiger partial charge in [-0.1, -0.05) is 6.07 Å². The number of aliphatic hydroxyl groups is 1. The second-order valence-corrected chi connectivity index (χ2v) is 5.45. The molecule has 0 radical (unpaired) electrons. The van der Waals surface area contributed by atoms with Crippen molar-refractivity contribution in [3.8, 4) is 0 Å². The Hall–Kier alpha value is -1.18. The Balaban J connectivity index is 2.04. The van der Waals surface area contributed by atoms with Crippen molar-refractivity contribution in [1.82, 2.24) is 10.3 Å². The highest BCUT2D eigenvalue weighted by Crippen LogP contribution is 2.29. The minimum Gasteiger partial charge on any atom is -0.383 e. The summed E-state index contributed by atoms with van der Waals surface area (Å²) in [4.78, 5) is 3.54. The van der Waals surface area contributed by atoms with Gasteiger partial charge >= 0.3 is 6.18 Å². The van der Waals surface area contributed by atoms with Gasteiger partial charge in [-0.15, -0.1) is 0 Å². The van der Waals surface area contributed by atoms with E-state index in [-0.39, 0.29) is 18.3 Å². The second kappa shape index (κ2) is 6.29. The number of pyridine rings is 1. The van der Waals surface area contributed by atoms with Crippen molar-refractivity contribution < 1.29 is 23.0 Å². The Morgan fingerprint density at radius 3 is 2.52 bits per heavy atom. The molecular formula is C14H19F3N2O2. The molecule has 4 nitrogen and oxygen atoms in total. The molecule has 2 heterocycles. The zero-order valence-electron chi connectivity index (χ0n) is 11.8. The summed E-state index contributed by atoms with van der Waals surface area (Å²) < 4.78 is 43.2. The maximum Gasteiger partial charge on any atom is 0.433 e. The van der Waals surface area contributed by atoms with Crippen LogP contribution in [-0.2, 0) is 16.5 Å². The SMILES string of the molecule is C[C@@](O)(CNC1CCOCC1)c1cccc(C(F)(F)F)n1. The van der Waals surface area contributed by atoms with E-state index in [1.165, 1.54) is 19.1 Å². The average molecular weight is 304 g/mol. The highest BCUT2D eigenvalue weighted by Gasteiger charge is 2.34. The van der Waals surface area contributed by atoms with E-state index in [0.717, 1.165) is 18.9 Å². The Labute approximate surface area is 121 Å². The number of hydrogen-bond acceptors (Lipinski definition) is 4. The Kier molecular flexibility index (Phi) is 4.85. The predicted octanol–water partition coefficient (Wildman–Crippen LogP) is 2.08. The van der Waals surface area contributed by atoms with E-state index >= 15 is 0 Å². The highest BCUT2D eigenvalue weighted by atomic mass is 19.4. The summed E-state index contributed by atoms with van der Waals surface area (Å²) in [6, 6.07) is 3.76. The molecule has 1 aromatic heterocycles. The molecule has 7 heteroatoms. The predicted molar refractivity (Wildman–Crippen MR) is 70.7 cm³/mol. The van der Waals surface area contributed by atoms with Crippen molar-refractivity contribution in [2.75, 3.05) is 19.8 Å². The lowest BCUT2D eigenvalue weighted by atomic mass is 9.99. The largest absolute Gasteiger partial charge is 0.433 e. The quantitative estimate of drug-likeness (QED) is 0.894. The number of halogens is 3. The molecule has 2 rings (SSSR count). The first-order valence-electron chi connectivity index (χ1n) is 6.87. The standard InChI is InChI=1S/C14H19F3N2O2/c1-13(20,9-18-10-5-7-21-8-6-10)11-3-2-4-12(19-11)14(15,16)17/h2-4,10,18,20H,5-9H2,1H3/t13-/m1/s1. The van der Waals surface area contributed by atoms with Crippen LogP contribution in [0.5, 0.6) is 0 Å². The van der Waals surface area contributed by atoms with Gasteiger partial charge in [-0.05, 0) is 31.9 Å². The van der Waals surface area contributed by atoms with Crippen LogP contribution in [0.2, 0.25) is 0 Å². The van der Waals surface area contributed by atoms with Crippen LogP contribution in [0.25, 0.3) is 0 Å². The fraction of sp³-hybridized carbons (Fsp3) is 0.643. The van der Waals surface area contributed by atoms with Crippen molar-refractivity contribution in [2.45, 2.75) is 37.6 Å². The molecule has 0 aromatic carbocycles. The van der Waals surface area contributed by atoms with E-state index in [1.54, 1.807) is 0 Å². The van der Waals surface area contributed by atoms with Gasteiger partial charge in [0.15, 0.2) is 0 Å². The summed E-state index contributed by atoms with van der Waals surface area (Å²) >= 11 is 0. The molecule has 1 atom stereocenters. The van der Waals surface area contributed by atoms with Gasteiger partial charge in [0.05, 0.1) is 5.69 Å². The van der Waals surface area contributed by atoms with Crippen LogP contribution in [-0.4, -0.2) is 35.9 Å². The first-order valence-corrected chi connectivity index (χ1v) is 6.87. The van der Waals surface area contributed by atoms with Crippen LogP contribution in [0.1, 0.15) is 31.2 Å². The van der Waals surface area contributed by atoms with Crippen molar-refractivity contribution in [3.63, 3.8) is 0 Å². The van der Waals surface area contributed by atoms with Crippen LogP contribution in [0.4, 0.5) is 13.2 Å². The molecule has 0 bridgehead atoms. The van der Waals surface area contributed by atoms with Gasteiger partial charge in [0.25, 0.3) is 0 Å². The fourth-order valence-corrected chi connectivity index (χ4v) is 2.23. The first kappa shape index (κ1) is 16.2. The maximum atomic E-state index is 12.7. The van der Waals surface area contributed by atoms with Crippen LogP contribution >= 0.6 is 0 Å². The van der Waals surface area contributed by atoms with Gasteiger partial charge in [0, 0.05) is 25.8 Å². The van der Waals surface area contributed by atoms with E-state index in [1.807, 2.05) is 0 Å². The summed E-state index contributed by atoms with van der Waals surface area (Å²) in [5.74, 6) is 0. The maximum absolute atomic E-state index is 12.7. The van der Waals surface area contributed by atoms with Gasteiger partial charge in [0.1, 0.15) is 11.3 Å². The Bertz CT molecular complexity index is 472. The lowest BCUT2D eigenvalue weighted by Gasteiger charge is -2.29. The average Bonchev–Trinajstić information content (AvgIpc) is 2.46. The van der Waals surface area contributed by atoms with Crippen molar-refractivity contribution in [3.05, 3.63) is 29.6 Å². The summed E-state index contributed by atoms with van der Waals surface area (Å²) in [6.45, 7) is 2.91. The number of alkyl halides is 3. The van der Waals surface area contributed by atoms with Gasteiger partial charge in [-0.3, -0.25) is 0 Å².